The molecule has 0 aliphatic carbocycles. The van der Waals surface area contributed by atoms with E-state index in [0.717, 1.165) is 0 Å². The zero-order valence-corrected chi connectivity index (χ0v) is 11.9. The number of aliphatic carboxylic acids is 2. The highest BCUT2D eigenvalue weighted by molar-refractivity contribution is 7.80. The van der Waals surface area contributed by atoms with Crippen LogP contribution in [0, 0.1) is 0 Å². The number of carboxylic acids is 2. The van der Waals surface area contributed by atoms with Crippen molar-refractivity contribution in [2.75, 3.05) is 24.7 Å². The molecule has 0 aromatic carbocycles. The molecule has 110 valence electrons. The molecule has 0 atom stereocenters. The largest absolute Gasteiger partial charge is 0.481 e. The lowest BCUT2D eigenvalue weighted by molar-refractivity contribution is -0.138. The van der Waals surface area contributed by atoms with Gasteiger partial charge in [0.2, 0.25) is 0 Å². The first kappa shape index (κ1) is 22.7. The van der Waals surface area contributed by atoms with Gasteiger partial charge in [-0.05, 0) is 24.3 Å². The zero-order valence-electron chi connectivity index (χ0n) is 10.2. The van der Waals surface area contributed by atoms with E-state index in [1.807, 2.05) is 0 Å². The summed E-state index contributed by atoms with van der Waals surface area (Å²) in [6, 6.07) is 0. The molecule has 0 unspecified atom stereocenters. The van der Waals surface area contributed by atoms with E-state index in [1.54, 1.807) is 0 Å². The maximum Gasteiger partial charge on any atom is 0.303 e. The molecular weight excluding hydrogens is 280 g/mol. The lowest BCUT2D eigenvalue weighted by atomic mass is 10.3. The van der Waals surface area contributed by atoms with Gasteiger partial charge in [0.1, 0.15) is 0 Å². The summed E-state index contributed by atoms with van der Waals surface area (Å²) >= 11 is 7.66. The van der Waals surface area contributed by atoms with Gasteiger partial charge >= 0.3 is 11.9 Å². The Kier molecular flexibility index (Phi) is 27.5. The van der Waals surface area contributed by atoms with Crippen LogP contribution in [0.1, 0.15) is 25.7 Å². The Labute approximate surface area is 118 Å². The summed E-state index contributed by atoms with van der Waals surface area (Å²) in [6.07, 6.45) is 1.81. The third kappa shape index (κ3) is 45.0. The van der Waals surface area contributed by atoms with Crippen LogP contribution in [0.3, 0.4) is 0 Å². The van der Waals surface area contributed by atoms with Gasteiger partial charge in [0.05, 0.1) is 13.2 Å². The van der Waals surface area contributed by atoms with E-state index in [4.69, 9.17) is 20.4 Å². The predicted octanol–water partition coefficient (Wildman–Crippen LogP) is 0.533. The van der Waals surface area contributed by atoms with Crippen LogP contribution in [0.5, 0.6) is 0 Å². The van der Waals surface area contributed by atoms with Crippen molar-refractivity contribution >= 4 is 37.2 Å². The molecule has 0 aliphatic heterocycles. The smallest absolute Gasteiger partial charge is 0.303 e. The molecule has 0 saturated carbocycles. The number of hydrogen-bond donors (Lipinski definition) is 6. The highest BCUT2D eigenvalue weighted by Gasteiger charge is 1.91. The molecule has 0 fully saturated rings. The minimum absolute atomic E-state index is 0.125. The Morgan fingerprint density at radius 3 is 1.11 bits per heavy atom. The van der Waals surface area contributed by atoms with Crippen molar-refractivity contribution in [3.8, 4) is 0 Å². The summed E-state index contributed by atoms with van der Waals surface area (Å²) in [5.41, 5.74) is 0. The van der Waals surface area contributed by atoms with Gasteiger partial charge in [-0.1, -0.05) is 0 Å². The van der Waals surface area contributed by atoms with Crippen molar-refractivity contribution in [3.63, 3.8) is 0 Å². The van der Waals surface area contributed by atoms with Gasteiger partial charge in [0, 0.05) is 12.8 Å². The quantitative estimate of drug-likeness (QED) is 0.382. The van der Waals surface area contributed by atoms with Crippen LogP contribution in [-0.4, -0.2) is 57.1 Å². The van der Waals surface area contributed by atoms with Crippen molar-refractivity contribution in [2.45, 2.75) is 25.7 Å². The molecule has 0 spiro atoms. The van der Waals surface area contributed by atoms with Crippen LogP contribution in [0.4, 0.5) is 0 Å². The molecule has 0 aromatic rings. The van der Waals surface area contributed by atoms with Crippen molar-refractivity contribution in [1.82, 2.24) is 0 Å². The van der Waals surface area contributed by atoms with Gasteiger partial charge in [-0.3, -0.25) is 9.59 Å². The number of hydrogen-bond acceptors (Lipinski definition) is 6. The molecule has 0 rings (SSSR count). The van der Waals surface area contributed by atoms with Crippen LogP contribution >= 0.6 is 25.3 Å². The normalized spacial score (nSPS) is 8.44. The Morgan fingerprint density at radius 1 is 0.778 bits per heavy atom. The number of aliphatic hydroxyl groups excluding tert-OH is 2. The average molecular weight is 302 g/mol. The molecular formula is C10H22O6S2. The molecule has 8 heteroatoms. The second-order valence-corrected chi connectivity index (χ2v) is 3.78. The van der Waals surface area contributed by atoms with E-state index in [0.29, 0.717) is 24.3 Å². The minimum atomic E-state index is -0.742. The summed E-state index contributed by atoms with van der Waals surface area (Å²) in [5.74, 6) is -0.165. The summed E-state index contributed by atoms with van der Waals surface area (Å²) < 4.78 is 0. The SMILES string of the molecule is O=C(O)CCCS.O=C(O)CCCS.OCCO. The van der Waals surface area contributed by atoms with E-state index in [9.17, 15) is 9.59 Å². The standard InChI is InChI=1S/2C4H8O2S.C2H6O2/c2*5-4(6)2-1-3-7;3-1-2-4/h2*7H,1-3H2,(H,5,6);3-4H,1-2H2. The summed E-state index contributed by atoms with van der Waals surface area (Å²) in [6.45, 7) is -0.250. The van der Waals surface area contributed by atoms with Crippen molar-refractivity contribution < 1.29 is 30.0 Å². The average Bonchev–Trinajstić information content (AvgIpc) is 2.34. The maximum absolute atomic E-state index is 9.72. The Hall–Kier alpha value is -0.440. The van der Waals surface area contributed by atoms with Crippen LogP contribution in [0.15, 0.2) is 0 Å². The van der Waals surface area contributed by atoms with E-state index >= 15 is 0 Å². The first-order valence-corrected chi connectivity index (χ1v) is 6.59. The fraction of sp³-hybridized carbons (Fsp3) is 0.800. The first-order valence-electron chi connectivity index (χ1n) is 5.33. The molecule has 0 radical (unpaired) electrons. The minimum Gasteiger partial charge on any atom is -0.481 e. The van der Waals surface area contributed by atoms with E-state index in [2.05, 4.69) is 25.3 Å². The predicted molar refractivity (Wildman–Crippen MR) is 75.6 cm³/mol. The molecule has 0 heterocycles. The van der Waals surface area contributed by atoms with Gasteiger partial charge in [-0.2, -0.15) is 25.3 Å². The van der Waals surface area contributed by atoms with Crippen LogP contribution < -0.4 is 0 Å². The van der Waals surface area contributed by atoms with Crippen LogP contribution in [-0.2, 0) is 9.59 Å². The van der Waals surface area contributed by atoms with Gasteiger partial charge in [0.15, 0.2) is 0 Å². The fourth-order valence-corrected chi connectivity index (χ4v) is 0.777. The highest BCUT2D eigenvalue weighted by atomic mass is 32.1. The molecule has 6 nitrogen and oxygen atoms in total. The second kappa shape index (κ2) is 21.8. The summed E-state index contributed by atoms with van der Waals surface area (Å²) in [5, 5.41) is 31.3. The summed E-state index contributed by atoms with van der Waals surface area (Å²) in [7, 11) is 0. The molecule has 0 amide bonds. The first-order chi connectivity index (χ1) is 8.45. The van der Waals surface area contributed by atoms with E-state index in [1.165, 1.54) is 0 Å². The zero-order chi connectivity index (χ0) is 14.8. The second-order valence-electron chi connectivity index (χ2n) is 2.89. The summed E-state index contributed by atoms with van der Waals surface area (Å²) in [4.78, 5) is 19.4. The molecule has 4 N–H and O–H groups in total. The molecule has 0 saturated heterocycles. The van der Waals surface area contributed by atoms with Crippen LogP contribution in [0.2, 0.25) is 0 Å². The topological polar surface area (TPSA) is 115 Å². The Bertz CT molecular complexity index is 169. The number of thiol groups is 2. The van der Waals surface area contributed by atoms with Gasteiger partial charge in [0.25, 0.3) is 0 Å². The third-order valence-corrected chi connectivity index (χ3v) is 1.83. The van der Waals surface area contributed by atoms with Crippen molar-refractivity contribution in [3.05, 3.63) is 0 Å². The number of rotatable bonds is 7. The van der Waals surface area contributed by atoms with Crippen molar-refractivity contribution in [2.24, 2.45) is 0 Å². The molecule has 0 aromatic heterocycles. The molecule has 0 bridgehead atoms. The lowest BCUT2D eigenvalue weighted by Gasteiger charge is -1.85. The fourth-order valence-electron chi connectivity index (χ4n) is 0.461. The lowest BCUT2D eigenvalue weighted by Crippen LogP contribution is -1.93. The maximum atomic E-state index is 9.72. The van der Waals surface area contributed by atoms with Gasteiger partial charge in [-0.25, -0.2) is 0 Å². The van der Waals surface area contributed by atoms with Gasteiger partial charge in [-0.15, -0.1) is 0 Å². The number of carboxylic acid groups (broad SMARTS) is 2. The monoisotopic (exact) mass is 302 g/mol. The number of carbonyl (C=O) groups is 2. The van der Waals surface area contributed by atoms with Crippen LogP contribution in [0.25, 0.3) is 0 Å². The number of aliphatic hydroxyl groups is 2. The van der Waals surface area contributed by atoms with Gasteiger partial charge < -0.3 is 20.4 Å². The highest BCUT2D eigenvalue weighted by Crippen LogP contribution is 1.89. The van der Waals surface area contributed by atoms with E-state index < -0.39 is 11.9 Å². The van der Waals surface area contributed by atoms with Crippen molar-refractivity contribution in [1.29, 1.82) is 0 Å². The van der Waals surface area contributed by atoms with E-state index in [-0.39, 0.29) is 26.1 Å². The molecule has 0 aliphatic rings. The third-order valence-electron chi connectivity index (χ3n) is 1.20. The molecule has 18 heavy (non-hydrogen) atoms. The Morgan fingerprint density at radius 2 is 1.06 bits per heavy atom. The Balaban J connectivity index is -0.000000196.